The zero-order chi connectivity index (χ0) is 20.5. The Labute approximate surface area is 173 Å². The Morgan fingerprint density at radius 3 is 2.55 bits per heavy atom. The van der Waals surface area contributed by atoms with Crippen LogP contribution in [0.3, 0.4) is 0 Å². The van der Waals surface area contributed by atoms with Crippen LogP contribution in [0.15, 0.2) is 66.0 Å². The average molecular weight is 411 g/mol. The highest BCUT2D eigenvalue weighted by molar-refractivity contribution is 8.00. The van der Waals surface area contributed by atoms with E-state index in [2.05, 4.69) is 15.3 Å². The molecule has 3 rings (SSSR count). The minimum atomic E-state index is -0.142. The number of rotatable bonds is 9. The largest absolute Gasteiger partial charge is 0.497 e. The number of carbonyl (C=O) groups is 1. The second-order valence-electron chi connectivity index (χ2n) is 5.82. The monoisotopic (exact) mass is 411 g/mol. The molecule has 0 aliphatic carbocycles. The van der Waals surface area contributed by atoms with Crippen LogP contribution in [-0.4, -0.2) is 35.8 Å². The number of para-hydroxylation sites is 1. The van der Waals surface area contributed by atoms with Gasteiger partial charge in [-0.25, -0.2) is 9.97 Å². The van der Waals surface area contributed by atoms with Crippen LogP contribution in [0.2, 0.25) is 0 Å². The smallest absolute Gasteiger partial charge is 0.252 e. The SMILES string of the molecule is COc1ccc(OC)c(CNC(=O)CSc2nccnc2Oc2ccccc2)c1. The van der Waals surface area contributed by atoms with Crippen molar-refractivity contribution in [3.8, 4) is 23.1 Å². The Hall–Kier alpha value is -3.26. The minimum absolute atomic E-state index is 0.142. The maximum atomic E-state index is 12.3. The van der Waals surface area contributed by atoms with Crippen LogP contribution in [0, 0.1) is 0 Å². The van der Waals surface area contributed by atoms with Crippen molar-refractivity contribution in [2.45, 2.75) is 11.6 Å². The summed E-state index contributed by atoms with van der Waals surface area (Å²) in [5.41, 5.74) is 0.831. The molecule has 3 aromatic rings. The van der Waals surface area contributed by atoms with E-state index in [1.165, 1.54) is 11.8 Å². The first-order valence-electron chi connectivity index (χ1n) is 8.84. The molecule has 0 fully saturated rings. The molecule has 29 heavy (non-hydrogen) atoms. The number of hydrogen-bond donors (Lipinski definition) is 1. The van der Waals surface area contributed by atoms with E-state index in [1.54, 1.807) is 26.6 Å². The zero-order valence-corrected chi connectivity index (χ0v) is 16.9. The van der Waals surface area contributed by atoms with Crippen LogP contribution in [0.4, 0.5) is 0 Å². The number of aromatic nitrogens is 2. The first kappa shape index (κ1) is 20.5. The van der Waals surface area contributed by atoms with Crippen molar-refractivity contribution in [3.05, 3.63) is 66.5 Å². The number of methoxy groups -OCH3 is 2. The second-order valence-corrected chi connectivity index (χ2v) is 6.79. The molecule has 7 nitrogen and oxygen atoms in total. The molecule has 0 saturated carbocycles. The average Bonchev–Trinajstić information content (AvgIpc) is 2.77. The van der Waals surface area contributed by atoms with Gasteiger partial charge in [-0.2, -0.15) is 0 Å². The molecule has 8 heteroatoms. The van der Waals surface area contributed by atoms with Crippen molar-refractivity contribution in [1.29, 1.82) is 0 Å². The third kappa shape index (κ3) is 5.86. The summed E-state index contributed by atoms with van der Waals surface area (Å²) < 4.78 is 16.3. The van der Waals surface area contributed by atoms with E-state index >= 15 is 0 Å². The Bertz CT molecular complexity index is 954. The number of benzene rings is 2. The van der Waals surface area contributed by atoms with Crippen LogP contribution < -0.4 is 19.5 Å². The summed E-state index contributed by atoms with van der Waals surface area (Å²) >= 11 is 1.26. The van der Waals surface area contributed by atoms with Gasteiger partial charge in [0, 0.05) is 24.5 Å². The fraction of sp³-hybridized carbons (Fsp3) is 0.190. The van der Waals surface area contributed by atoms with Crippen LogP contribution in [-0.2, 0) is 11.3 Å². The molecule has 0 aliphatic rings. The lowest BCUT2D eigenvalue weighted by molar-refractivity contribution is -0.118. The summed E-state index contributed by atoms with van der Waals surface area (Å²) in [6, 6.07) is 14.8. The summed E-state index contributed by atoms with van der Waals surface area (Å²) in [6.45, 7) is 0.327. The molecule has 0 radical (unpaired) electrons. The molecular formula is C21H21N3O4S. The fourth-order valence-electron chi connectivity index (χ4n) is 2.48. The first-order chi connectivity index (χ1) is 14.2. The van der Waals surface area contributed by atoms with E-state index in [0.717, 1.165) is 5.56 Å². The number of hydrogen-bond acceptors (Lipinski definition) is 7. The van der Waals surface area contributed by atoms with E-state index in [9.17, 15) is 4.79 Å². The zero-order valence-electron chi connectivity index (χ0n) is 16.1. The van der Waals surface area contributed by atoms with Gasteiger partial charge in [0.15, 0.2) is 5.03 Å². The number of carbonyl (C=O) groups excluding carboxylic acids is 1. The Balaban J connectivity index is 1.58. The quantitative estimate of drug-likeness (QED) is 0.538. The molecule has 1 heterocycles. The van der Waals surface area contributed by atoms with Gasteiger partial charge in [0.25, 0.3) is 5.88 Å². The lowest BCUT2D eigenvalue weighted by Crippen LogP contribution is -2.24. The number of thioether (sulfide) groups is 1. The maximum Gasteiger partial charge on any atom is 0.252 e. The van der Waals surface area contributed by atoms with E-state index < -0.39 is 0 Å². The molecule has 0 aliphatic heterocycles. The standard InChI is InChI=1S/C21H21N3O4S/c1-26-17-8-9-18(27-2)15(12-17)13-24-19(25)14-29-21-20(22-10-11-23-21)28-16-6-4-3-5-7-16/h3-12H,13-14H2,1-2H3,(H,24,25). The van der Waals surface area contributed by atoms with Gasteiger partial charge in [-0.05, 0) is 30.3 Å². The normalized spacial score (nSPS) is 10.3. The predicted molar refractivity (Wildman–Crippen MR) is 111 cm³/mol. The van der Waals surface area contributed by atoms with E-state index in [1.807, 2.05) is 48.5 Å². The fourth-order valence-corrected chi connectivity index (χ4v) is 3.20. The highest BCUT2D eigenvalue weighted by Gasteiger charge is 2.12. The molecule has 1 aromatic heterocycles. The third-order valence-electron chi connectivity index (χ3n) is 3.89. The molecular weight excluding hydrogens is 390 g/mol. The molecule has 0 saturated heterocycles. The highest BCUT2D eigenvalue weighted by Crippen LogP contribution is 2.28. The number of amides is 1. The van der Waals surface area contributed by atoms with E-state index in [0.29, 0.717) is 34.7 Å². The number of nitrogens with one attached hydrogen (secondary N) is 1. The summed E-state index contributed by atoms with van der Waals surface area (Å²) in [5, 5.41) is 3.43. The first-order valence-corrected chi connectivity index (χ1v) is 9.82. The lowest BCUT2D eigenvalue weighted by atomic mass is 10.2. The van der Waals surface area contributed by atoms with Gasteiger partial charge in [0.1, 0.15) is 17.2 Å². The molecule has 150 valence electrons. The van der Waals surface area contributed by atoms with Crippen LogP contribution >= 0.6 is 11.8 Å². The van der Waals surface area contributed by atoms with Crippen molar-refractivity contribution in [2.75, 3.05) is 20.0 Å². The van der Waals surface area contributed by atoms with Gasteiger partial charge in [0.2, 0.25) is 5.91 Å². The van der Waals surface area contributed by atoms with Gasteiger partial charge >= 0.3 is 0 Å². The van der Waals surface area contributed by atoms with Crippen molar-refractivity contribution < 1.29 is 19.0 Å². The van der Waals surface area contributed by atoms with Gasteiger partial charge in [-0.1, -0.05) is 30.0 Å². The Kier molecular flexibility index (Phi) is 7.29. The minimum Gasteiger partial charge on any atom is -0.497 e. The Morgan fingerprint density at radius 1 is 1.00 bits per heavy atom. The van der Waals surface area contributed by atoms with Crippen LogP contribution in [0.25, 0.3) is 0 Å². The summed E-state index contributed by atoms with van der Waals surface area (Å²) in [7, 11) is 3.18. The molecule has 1 N–H and O–H groups in total. The lowest BCUT2D eigenvalue weighted by Gasteiger charge is -2.12. The third-order valence-corrected chi connectivity index (χ3v) is 4.85. The number of ether oxygens (including phenoxy) is 3. The van der Waals surface area contributed by atoms with Gasteiger partial charge in [-0.3, -0.25) is 4.79 Å². The summed E-state index contributed by atoms with van der Waals surface area (Å²) in [4.78, 5) is 20.8. The topological polar surface area (TPSA) is 82.6 Å². The molecule has 0 unspecified atom stereocenters. The van der Waals surface area contributed by atoms with Gasteiger partial charge in [0.05, 0.1) is 20.0 Å². The summed E-state index contributed by atoms with van der Waals surface area (Å²) in [5.74, 6) is 2.44. The predicted octanol–water partition coefficient (Wildman–Crippen LogP) is 3.69. The molecule has 0 bridgehead atoms. The Morgan fingerprint density at radius 2 is 1.79 bits per heavy atom. The number of nitrogens with zero attached hydrogens (tertiary/aromatic N) is 2. The van der Waals surface area contributed by atoms with Gasteiger partial charge in [-0.15, -0.1) is 0 Å². The molecule has 0 atom stereocenters. The highest BCUT2D eigenvalue weighted by atomic mass is 32.2. The van der Waals surface area contributed by atoms with Crippen LogP contribution in [0.5, 0.6) is 23.1 Å². The molecule has 2 aromatic carbocycles. The van der Waals surface area contributed by atoms with E-state index in [-0.39, 0.29) is 11.7 Å². The van der Waals surface area contributed by atoms with Crippen molar-refractivity contribution in [3.63, 3.8) is 0 Å². The molecule has 1 amide bonds. The van der Waals surface area contributed by atoms with Crippen molar-refractivity contribution in [2.24, 2.45) is 0 Å². The van der Waals surface area contributed by atoms with Gasteiger partial charge < -0.3 is 19.5 Å². The van der Waals surface area contributed by atoms with E-state index in [4.69, 9.17) is 14.2 Å². The summed E-state index contributed by atoms with van der Waals surface area (Å²) in [6.07, 6.45) is 3.12. The van der Waals surface area contributed by atoms with Crippen LogP contribution in [0.1, 0.15) is 5.56 Å². The molecule has 0 spiro atoms. The van der Waals surface area contributed by atoms with Crippen molar-refractivity contribution in [1.82, 2.24) is 15.3 Å². The maximum absolute atomic E-state index is 12.3. The second kappa shape index (κ2) is 10.3. The van der Waals surface area contributed by atoms with Crippen molar-refractivity contribution >= 4 is 17.7 Å².